The maximum Gasteiger partial charge on any atom is 0.128 e. The summed E-state index contributed by atoms with van der Waals surface area (Å²) in [5.41, 5.74) is 1.72. The van der Waals surface area contributed by atoms with E-state index in [0.717, 1.165) is 12.0 Å². The molecule has 0 saturated heterocycles. The largest absolute Gasteiger partial charge is 0.508 e. The molecule has 0 radical (unpaired) electrons. The second-order valence-corrected chi connectivity index (χ2v) is 5.22. The van der Waals surface area contributed by atoms with Crippen LogP contribution in [0.15, 0.2) is 36.4 Å². The number of aromatic hydroxyl groups is 1. The normalized spacial score (nSPS) is 12.4. The van der Waals surface area contributed by atoms with Gasteiger partial charge in [0.15, 0.2) is 0 Å². The first-order chi connectivity index (χ1) is 9.97. The summed E-state index contributed by atoms with van der Waals surface area (Å²) in [6, 6.07) is 9.16. The Labute approximate surface area is 123 Å². The Morgan fingerprint density at radius 2 is 1.76 bits per heavy atom. The van der Waals surface area contributed by atoms with E-state index in [4.69, 9.17) is 0 Å². The van der Waals surface area contributed by atoms with Crippen molar-refractivity contribution in [1.29, 1.82) is 0 Å². The highest BCUT2D eigenvalue weighted by Gasteiger charge is 2.13. The molecule has 1 atom stereocenters. The number of aryl methyl sites for hydroxylation is 1. The number of hydrogen-bond acceptors (Lipinski definition) is 2. The summed E-state index contributed by atoms with van der Waals surface area (Å²) < 4.78 is 27.4. The van der Waals surface area contributed by atoms with Gasteiger partial charge < -0.3 is 10.4 Å². The van der Waals surface area contributed by atoms with Crippen molar-refractivity contribution in [2.24, 2.45) is 0 Å². The van der Waals surface area contributed by atoms with Gasteiger partial charge >= 0.3 is 0 Å². The predicted molar refractivity (Wildman–Crippen MR) is 79.3 cm³/mol. The fourth-order valence-electron chi connectivity index (χ4n) is 2.20. The van der Waals surface area contributed by atoms with Crippen molar-refractivity contribution >= 4 is 0 Å². The third-order valence-corrected chi connectivity index (χ3v) is 3.54. The molecule has 0 heterocycles. The van der Waals surface area contributed by atoms with Crippen LogP contribution in [-0.4, -0.2) is 11.7 Å². The third kappa shape index (κ3) is 4.02. The van der Waals surface area contributed by atoms with Crippen LogP contribution in [-0.2, 0) is 6.42 Å². The van der Waals surface area contributed by atoms with Crippen LogP contribution in [0.4, 0.5) is 8.78 Å². The highest BCUT2D eigenvalue weighted by molar-refractivity contribution is 5.28. The van der Waals surface area contributed by atoms with Gasteiger partial charge in [0.05, 0.1) is 0 Å². The molecule has 0 aromatic heterocycles. The number of benzene rings is 2. The third-order valence-electron chi connectivity index (χ3n) is 3.54. The summed E-state index contributed by atoms with van der Waals surface area (Å²) in [6.07, 6.45) is 0.751. The van der Waals surface area contributed by atoms with Gasteiger partial charge in [0.1, 0.15) is 17.4 Å². The molecule has 0 aliphatic rings. The average Bonchev–Trinajstić information content (AvgIpc) is 2.45. The summed E-state index contributed by atoms with van der Waals surface area (Å²) in [5, 5.41) is 12.4. The molecule has 0 fully saturated rings. The Kier molecular flexibility index (Phi) is 4.91. The molecule has 2 nitrogen and oxygen atoms in total. The summed E-state index contributed by atoms with van der Waals surface area (Å²) >= 11 is 0. The first-order valence-electron chi connectivity index (χ1n) is 6.94. The van der Waals surface area contributed by atoms with Gasteiger partial charge in [-0.2, -0.15) is 0 Å². The van der Waals surface area contributed by atoms with E-state index in [2.05, 4.69) is 5.32 Å². The van der Waals surface area contributed by atoms with Crippen molar-refractivity contribution in [2.75, 3.05) is 6.54 Å². The van der Waals surface area contributed by atoms with Crippen molar-refractivity contribution in [2.45, 2.75) is 26.3 Å². The summed E-state index contributed by atoms with van der Waals surface area (Å²) in [6.45, 7) is 4.00. The van der Waals surface area contributed by atoms with Crippen LogP contribution in [0.25, 0.3) is 0 Å². The molecular weight excluding hydrogens is 272 g/mol. The highest BCUT2D eigenvalue weighted by atomic mass is 19.1. The van der Waals surface area contributed by atoms with Crippen LogP contribution < -0.4 is 5.32 Å². The van der Waals surface area contributed by atoms with Crippen LogP contribution in [0.5, 0.6) is 5.75 Å². The maximum atomic E-state index is 13.8. The Bertz CT molecular complexity index is 611. The van der Waals surface area contributed by atoms with Crippen molar-refractivity contribution in [3.8, 4) is 5.75 Å². The lowest BCUT2D eigenvalue weighted by atomic mass is 10.0. The zero-order valence-electron chi connectivity index (χ0n) is 12.2. The monoisotopic (exact) mass is 291 g/mol. The molecule has 0 bridgehead atoms. The Morgan fingerprint density at radius 3 is 2.43 bits per heavy atom. The quantitative estimate of drug-likeness (QED) is 0.876. The zero-order valence-corrected chi connectivity index (χ0v) is 12.2. The number of nitrogens with one attached hydrogen (secondary N) is 1. The number of rotatable bonds is 5. The first-order valence-corrected chi connectivity index (χ1v) is 6.94. The summed E-state index contributed by atoms with van der Waals surface area (Å²) in [4.78, 5) is 0. The highest BCUT2D eigenvalue weighted by Crippen LogP contribution is 2.20. The molecular formula is C17H19F2NO. The smallest absolute Gasteiger partial charge is 0.128 e. The van der Waals surface area contributed by atoms with E-state index < -0.39 is 11.6 Å². The summed E-state index contributed by atoms with van der Waals surface area (Å²) in [7, 11) is 0. The van der Waals surface area contributed by atoms with Gasteiger partial charge in [-0.25, -0.2) is 8.78 Å². The van der Waals surface area contributed by atoms with Crippen LogP contribution >= 0.6 is 0 Å². The van der Waals surface area contributed by atoms with E-state index in [1.54, 1.807) is 19.1 Å². The Hall–Kier alpha value is -1.94. The molecule has 0 aliphatic heterocycles. The standard InChI is InChI=1S/C17H19F2NO/c1-11-9-17(19)15(10-16(11)18)12(2)20-8-7-13-3-5-14(21)6-4-13/h3-6,9-10,12,20-21H,7-8H2,1-2H3. The molecule has 0 aliphatic carbocycles. The lowest BCUT2D eigenvalue weighted by Crippen LogP contribution is -2.22. The van der Waals surface area contributed by atoms with E-state index >= 15 is 0 Å². The first kappa shape index (κ1) is 15.4. The minimum Gasteiger partial charge on any atom is -0.508 e. The molecule has 2 aromatic carbocycles. The average molecular weight is 291 g/mol. The molecule has 4 heteroatoms. The van der Waals surface area contributed by atoms with Crippen molar-refractivity contribution < 1.29 is 13.9 Å². The molecule has 2 rings (SSSR count). The van der Waals surface area contributed by atoms with E-state index in [9.17, 15) is 13.9 Å². The summed E-state index contributed by atoms with van der Waals surface area (Å²) in [5.74, 6) is -0.547. The van der Waals surface area contributed by atoms with Gasteiger partial charge in [-0.1, -0.05) is 12.1 Å². The minimum atomic E-state index is -0.390. The van der Waals surface area contributed by atoms with Crippen LogP contribution in [0.3, 0.4) is 0 Å². The second-order valence-electron chi connectivity index (χ2n) is 5.22. The number of phenols is 1. The van der Waals surface area contributed by atoms with Crippen LogP contribution in [0.2, 0.25) is 0 Å². The van der Waals surface area contributed by atoms with E-state index in [-0.39, 0.29) is 11.8 Å². The van der Waals surface area contributed by atoms with E-state index in [1.165, 1.54) is 12.1 Å². The van der Waals surface area contributed by atoms with Crippen LogP contribution in [0.1, 0.15) is 29.7 Å². The number of hydrogen-bond donors (Lipinski definition) is 2. The van der Waals surface area contributed by atoms with Gasteiger partial charge in [0.25, 0.3) is 0 Å². The molecule has 112 valence electrons. The zero-order chi connectivity index (χ0) is 15.4. The van der Waals surface area contributed by atoms with Crippen LogP contribution in [0, 0.1) is 18.6 Å². The fraction of sp³-hybridized carbons (Fsp3) is 0.294. The lowest BCUT2D eigenvalue weighted by Gasteiger charge is -2.16. The van der Waals surface area contributed by atoms with Crippen molar-refractivity contribution in [3.63, 3.8) is 0 Å². The molecule has 2 aromatic rings. The second kappa shape index (κ2) is 6.68. The molecule has 2 N–H and O–H groups in total. The molecule has 0 spiro atoms. The molecule has 21 heavy (non-hydrogen) atoms. The van der Waals surface area contributed by atoms with Gasteiger partial charge in [-0.3, -0.25) is 0 Å². The van der Waals surface area contributed by atoms with Gasteiger partial charge in [0.2, 0.25) is 0 Å². The van der Waals surface area contributed by atoms with E-state index in [1.807, 2.05) is 19.1 Å². The lowest BCUT2D eigenvalue weighted by molar-refractivity contribution is 0.475. The van der Waals surface area contributed by atoms with E-state index in [0.29, 0.717) is 17.7 Å². The molecule has 0 saturated carbocycles. The topological polar surface area (TPSA) is 32.3 Å². The van der Waals surface area contributed by atoms with Crippen molar-refractivity contribution in [3.05, 3.63) is 64.7 Å². The number of halogens is 2. The van der Waals surface area contributed by atoms with Gasteiger partial charge in [0, 0.05) is 11.6 Å². The molecule has 1 unspecified atom stereocenters. The van der Waals surface area contributed by atoms with Gasteiger partial charge in [-0.05, 0) is 62.2 Å². The predicted octanol–water partition coefficient (Wildman–Crippen LogP) is 3.87. The number of phenolic OH excluding ortho intramolecular Hbond substituents is 1. The fourth-order valence-corrected chi connectivity index (χ4v) is 2.20. The maximum absolute atomic E-state index is 13.8. The van der Waals surface area contributed by atoms with Crippen molar-refractivity contribution in [1.82, 2.24) is 5.32 Å². The molecule has 0 amide bonds. The minimum absolute atomic E-state index is 0.234. The SMILES string of the molecule is Cc1cc(F)c(C(C)NCCc2ccc(O)cc2)cc1F. The Balaban J connectivity index is 1.94. The Morgan fingerprint density at radius 1 is 1.10 bits per heavy atom. The van der Waals surface area contributed by atoms with Gasteiger partial charge in [-0.15, -0.1) is 0 Å².